The van der Waals surface area contributed by atoms with E-state index < -0.39 is 0 Å². The topological polar surface area (TPSA) is 17.1 Å². The maximum absolute atomic E-state index is 11.4. The second kappa shape index (κ2) is 4.11. The predicted molar refractivity (Wildman–Crippen MR) is 76.5 cm³/mol. The van der Waals surface area contributed by atoms with Gasteiger partial charge in [-0.25, -0.2) is 0 Å². The summed E-state index contributed by atoms with van der Waals surface area (Å²) in [5.74, 6) is 0.0908. The Morgan fingerprint density at radius 1 is 0.889 bits per heavy atom. The maximum atomic E-state index is 11.4. The first-order valence-corrected chi connectivity index (χ1v) is 6.16. The van der Waals surface area contributed by atoms with E-state index in [1.807, 2.05) is 48.5 Å². The summed E-state index contributed by atoms with van der Waals surface area (Å²) in [6.07, 6.45) is 0. The van der Waals surface area contributed by atoms with Gasteiger partial charge in [-0.3, -0.25) is 4.79 Å². The summed E-state index contributed by atoms with van der Waals surface area (Å²) in [6.45, 7) is 1.59. The summed E-state index contributed by atoms with van der Waals surface area (Å²) in [5.41, 5.74) is 0.746. The van der Waals surface area contributed by atoms with E-state index in [0.29, 0.717) is 0 Å². The molecular formula is C16H11ClO. The van der Waals surface area contributed by atoms with Crippen molar-refractivity contribution in [2.24, 2.45) is 0 Å². The number of fused-ring (bicyclic) bond motifs is 3. The third-order valence-electron chi connectivity index (χ3n) is 3.20. The van der Waals surface area contributed by atoms with E-state index in [4.69, 9.17) is 11.6 Å². The van der Waals surface area contributed by atoms with Gasteiger partial charge in [-0.05, 0) is 46.7 Å². The highest BCUT2D eigenvalue weighted by atomic mass is 35.5. The van der Waals surface area contributed by atoms with Gasteiger partial charge in [0.2, 0.25) is 0 Å². The first-order valence-electron chi connectivity index (χ1n) is 5.78. The average Bonchev–Trinajstić information content (AvgIpc) is 2.37. The number of ketones is 1. The maximum Gasteiger partial charge on any atom is 0.159 e. The molecule has 0 fully saturated rings. The van der Waals surface area contributed by atoms with Crippen LogP contribution in [0.4, 0.5) is 0 Å². The third kappa shape index (κ3) is 1.77. The van der Waals surface area contributed by atoms with Crippen LogP contribution >= 0.6 is 11.6 Å². The Morgan fingerprint density at radius 2 is 1.50 bits per heavy atom. The van der Waals surface area contributed by atoms with Crippen molar-refractivity contribution < 1.29 is 4.79 Å². The lowest BCUT2D eigenvalue weighted by Crippen LogP contribution is -1.91. The molecule has 0 saturated heterocycles. The van der Waals surface area contributed by atoms with Gasteiger partial charge in [-0.1, -0.05) is 41.9 Å². The van der Waals surface area contributed by atoms with Crippen LogP contribution in [0.1, 0.15) is 17.3 Å². The van der Waals surface area contributed by atoms with E-state index in [-0.39, 0.29) is 5.78 Å². The van der Waals surface area contributed by atoms with Gasteiger partial charge in [0.15, 0.2) is 5.78 Å². The number of hydrogen-bond donors (Lipinski definition) is 0. The molecule has 1 nitrogen and oxygen atoms in total. The number of Topliss-reactive ketones (excluding diaryl/α,β-unsaturated/α-hetero) is 1. The van der Waals surface area contributed by atoms with Gasteiger partial charge < -0.3 is 0 Å². The highest BCUT2D eigenvalue weighted by molar-refractivity contribution is 6.31. The smallest absolute Gasteiger partial charge is 0.159 e. The van der Waals surface area contributed by atoms with Crippen molar-refractivity contribution in [1.82, 2.24) is 0 Å². The normalized spacial score (nSPS) is 11.0. The van der Waals surface area contributed by atoms with E-state index >= 15 is 0 Å². The first-order chi connectivity index (χ1) is 8.65. The van der Waals surface area contributed by atoms with Gasteiger partial charge in [-0.2, -0.15) is 0 Å². The molecule has 0 amide bonds. The van der Waals surface area contributed by atoms with Gasteiger partial charge >= 0.3 is 0 Å². The second-order valence-corrected chi connectivity index (χ2v) is 4.86. The molecule has 0 heterocycles. The van der Waals surface area contributed by atoms with Crippen LogP contribution in [0.5, 0.6) is 0 Å². The molecular weight excluding hydrogens is 244 g/mol. The van der Waals surface area contributed by atoms with Crippen LogP contribution in [-0.4, -0.2) is 5.78 Å². The Balaban J connectivity index is 2.38. The minimum atomic E-state index is 0.0908. The zero-order chi connectivity index (χ0) is 12.7. The highest BCUT2D eigenvalue weighted by Crippen LogP contribution is 2.28. The first kappa shape index (κ1) is 11.2. The van der Waals surface area contributed by atoms with Crippen LogP contribution in [0, 0.1) is 0 Å². The Morgan fingerprint density at radius 3 is 2.17 bits per heavy atom. The lowest BCUT2D eigenvalue weighted by molar-refractivity contribution is 0.101. The minimum Gasteiger partial charge on any atom is -0.295 e. The fourth-order valence-electron chi connectivity index (χ4n) is 2.26. The van der Waals surface area contributed by atoms with Crippen molar-refractivity contribution in [1.29, 1.82) is 0 Å². The number of hydrogen-bond acceptors (Lipinski definition) is 1. The fourth-order valence-corrected chi connectivity index (χ4v) is 2.44. The van der Waals surface area contributed by atoms with Crippen LogP contribution in [-0.2, 0) is 0 Å². The van der Waals surface area contributed by atoms with Crippen molar-refractivity contribution in [2.45, 2.75) is 6.92 Å². The summed E-state index contributed by atoms with van der Waals surface area (Å²) in [4.78, 5) is 11.4. The number of benzene rings is 3. The summed E-state index contributed by atoms with van der Waals surface area (Å²) < 4.78 is 0. The molecule has 0 bridgehead atoms. The Kier molecular flexibility index (Phi) is 2.57. The van der Waals surface area contributed by atoms with Crippen molar-refractivity contribution in [3.63, 3.8) is 0 Å². The van der Waals surface area contributed by atoms with Gasteiger partial charge in [0, 0.05) is 10.6 Å². The number of carbonyl (C=O) groups is 1. The van der Waals surface area contributed by atoms with E-state index in [9.17, 15) is 4.79 Å². The molecule has 0 atom stereocenters. The molecule has 0 spiro atoms. The summed E-state index contributed by atoms with van der Waals surface area (Å²) in [6, 6.07) is 15.7. The van der Waals surface area contributed by atoms with Crippen molar-refractivity contribution in [3.05, 3.63) is 59.1 Å². The highest BCUT2D eigenvalue weighted by Gasteiger charge is 2.04. The monoisotopic (exact) mass is 254 g/mol. The Labute approximate surface area is 110 Å². The minimum absolute atomic E-state index is 0.0908. The van der Waals surface area contributed by atoms with Crippen LogP contribution in [0.25, 0.3) is 21.5 Å². The molecule has 0 saturated carbocycles. The number of carbonyl (C=O) groups excluding carboxylic acids is 1. The molecule has 0 aliphatic rings. The van der Waals surface area contributed by atoms with E-state index in [2.05, 4.69) is 0 Å². The molecule has 2 heteroatoms. The molecule has 0 aromatic heterocycles. The van der Waals surface area contributed by atoms with Crippen LogP contribution in [0.15, 0.2) is 48.5 Å². The zero-order valence-corrected chi connectivity index (χ0v) is 10.7. The zero-order valence-electron chi connectivity index (χ0n) is 9.91. The van der Waals surface area contributed by atoms with Crippen LogP contribution < -0.4 is 0 Å². The molecule has 3 aromatic rings. The largest absolute Gasteiger partial charge is 0.295 e. The standard InChI is InChI=1S/C16H11ClO/c1-10(18)11-4-6-15-12(8-11)2-3-13-9-14(17)5-7-16(13)15/h2-9H,1H3. The van der Waals surface area contributed by atoms with E-state index in [1.165, 1.54) is 0 Å². The SMILES string of the molecule is CC(=O)c1ccc2c(ccc3cc(Cl)ccc32)c1. The second-order valence-electron chi connectivity index (χ2n) is 4.42. The molecule has 88 valence electrons. The van der Waals surface area contributed by atoms with Crippen molar-refractivity contribution >= 4 is 38.9 Å². The molecule has 3 rings (SSSR count). The summed E-state index contributed by atoms with van der Waals surface area (Å²) in [7, 11) is 0. The van der Waals surface area contributed by atoms with E-state index in [0.717, 1.165) is 32.1 Å². The van der Waals surface area contributed by atoms with Gasteiger partial charge in [0.05, 0.1) is 0 Å². The van der Waals surface area contributed by atoms with Gasteiger partial charge in [0.25, 0.3) is 0 Å². The molecule has 3 aromatic carbocycles. The molecule has 0 aliphatic heterocycles. The quantitative estimate of drug-likeness (QED) is 0.448. The van der Waals surface area contributed by atoms with Gasteiger partial charge in [-0.15, -0.1) is 0 Å². The lowest BCUT2D eigenvalue weighted by Gasteiger charge is -2.05. The van der Waals surface area contributed by atoms with Crippen LogP contribution in [0.2, 0.25) is 5.02 Å². The molecule has 0 radical (unpaired) electrons. The predicted octanol–water partition coefficient (Wildman–Crippen LogP) is 4.85. The van der Waals surface area contributed by atoms with E-state index in [1.54, 1.807) is 6.92 Å². The molecule has 0 N–H and O–H groups in total. The fraction of sp³-hybridized carbons (Fsp3) is 0.0625. The molecule has 0 unspecified atom stereocenters. The lowest BCUT2D eigenvalue weighted by atomic mass is 9.99. The summed E-state index contributed by atoms with van der Waals surface area (Å²) >= 11 is 5.99. The number of halogens is 1. The molecule has 0 aliphatic carbocycles. The summed E-state index contributed by atoms with van der Waals surface area (Å²) in [5, 5.41) is 5.24. The van der Waals surface area contributed by atoms with Gasteiger partial charge in [0.1, 0.15) is 0 Å². The third-order valence-corrected chi connectivity index (χ3v) is 3.44. The Bertz CT molecular complexity index is 774. The van der Waals surface area contributed by atoms with Crippen molar-refractivity contribution in [2.75, 3.05) is 0 Å². The van der Waals surface area contributed by atoms with Crippen molar-refractivity contribution in [3.8, 4) is 0 Å². The molecule has 18 heavy (non-hydrogen) atoms. The van der Waals surface area contributed by atoms with Crippen LogP contribution in [0.3, 0.4) is 0 Å². The average molecular weight is 255 g/mol. The number of rotatable bonds is 1. The Hall–Kier alpha value is -1.86.